The van der Waals surface area contributed by atoms with Crippen molar-refractivity contribution >= 4 is 16.0 Å². The molecule has 164 valence electrons. The van der Waals surface area contributed by atoms with Crippen molar-refractivity contribution in [2.24, 2.45) is 10.9 Å². The maximum Gasteiger partial charge on any atom is 0.511 e. The normalized spacial score (nSPS) is 21.2. The van der Waals surface area contributed by atoms with E-state index in [-0.39, 0.29) is 19.0 Å². The Hall–Kier alpha value is -1.07. The maximum atomic E-state index is 12.6. The molecule has 0 aromatic rings. The van der Waals surface area contributed by atoms with Crippen LogP contribution in [-0.4, -0.2) is 82.0 Å². The molecular formula is C17H32F3N5O2S. The van der Waals surface area contributed by atoms with E-state index in [0.717, 1.165) is 25.9 Å². The van der Waals surface area contributed by atoms with Crippen molar-refractivity contribution in [1.82, 2.24) is 19.8 Å². The number of likely N-dealkylation sites (tertiary alicyclic amines) is 1. The Labute approximate surface area is 165 Å². The number of guanidine groups is 1. The van der Waals surface area contributed by atoms with Gasteiger partial charge in [0.05, 0.1) is 0 Å². The number of nitrogens with zero attached hydrogens (tertiary/aromatic N) is 3. The van der Waals surface area contributed by atoms with Crippen LogP contribution in [0.15, 0.2) is 4.99 Å². The first-order valence-corrected chi connectivity index (χ1v) is 11.4. The molecule has 0 unspecified atom stereocenters. The number of nitrogens with one attached hydrogen (secondary N) is 2. The van der Waals surface area contributed by atoms with Crippen LogP contribution < -0.4 is 10.6 Å². The lowest BCUT2D eigenvalue weighted by Gasteiger charge is -2.31. The average Bonchev–Trinajstić information content (AvgIpc) is 3.17. The number of sulfonamides is 1. The molecule has 0 amide bonds. The Kier molecular flexibility index (Phi) is 8.81. The number of unbranched alkanes of at least 4 members (excludes halogenated alkanes) is 1. The van der Waals surface area contributed by atoms with Gasteiger partial charge in [0.2, 0.25) is 0 Å². The monoisotopic (exact) mass is 427 g/mol. The molecule has 2 aliphatic rings. The van der Waals surface area contributed by atoms with Gasteiger partial charge in [0.1, 0.15) is 0 Å². The van der Waals surface area contributed by atoms with E-state index >= 15 is 0 Å². The summed E-state index contributed by atoms with van der Waals surface area (Å²) in [5.74, 6) is 0.792. The lowest BCUT2D eigenvalue weighted by atomic mass is 9.98. The van der Waals surface area contributed by atoms with Crippen LogP contribution in [0.5, 0.6) is 0 Å². The fraction of sp³-hybridized carbons (Fsp3) is 0.941. The summed E-state index contributed by atoms with van der Waals surface area (Å²) in [4.78, 5) is 6.65. The van der Waals surface area contributed by atoms with Gasteiger partial charge in [0, 0.05) is 33.2 Å². The van der Waals surface area contributed by atoms with Gasteiger partial charge >= 0.3 is 15.5 Å². The molecule has 0 bridgehead atoms. The van der Waals surface area contributed by atoms with Gasteiger partial charge in [-0.05, 0) is 64.1 Å². The lowest BCUT2D eigenvalue weighted by molar-refractivity contribution is -0.0496. The summed E-state index contributed by atoms with van der Waals surface area (Å²) in [5, 5.41) is 6.45. The van der Waals surface area contributed by atoms with Gasteiger partial charge in [-0.2, -0.15) is 17.5 Å². The first-order valence-electron chi connectivity index (χ1n) is 9.97. The first-order chi connectivity index (χ1) is 13.2. The fourth-order valence-electron chi connectivity index (χ4n) is 3.64. The Bertz CT molecular complexity index is 598. The molecular weight excluding hydrogens is 395 g/mol. The van der Waals surface area contributed by atoms with Crippen LogP contribution in [0.1, 0.15) is 38.5 Å². The summed E-state index contributed by atoms with van der Waals surface area (Å²) in [6.45, 7) is 4.73. The highest BCUT2D eigenvalue weighted by Crippen LogP contribution is 2.30. The smallest absolute Gasteiger partial charge is 0.356 e. The summed E-state index contributed by atoms with van der Waals surface area (Å²) >= 11 is 0. The minimum absolute atomic E-state index is 0.100. The number of hydrogen-bond donors (Lipinski definition) is 2. The molecule has 0 saturated carbocycles. The molecule has 0 atom stereocenters. The highest BCUT2D eigenvalue weighted by atomic mass is 32.2. The predicted octanol–water partition coefficient (Wildman–Crippen LogP) is 1.59. The summed E-state index contributed by atoms with van der Waals surface area (Å²) < 4.78 is 61.2. The standard InChI is InChI=1S/C17H32F3N5O2S/c1-21-16(22-8-2-3-9-24-10-4-5-11-24)23-14-15-6-12-25(13-7-15)28(26,27)17(18,19)20/h15H,2-14H2,1H3,(H2,21,22,23). The average molecular weight is 428 g/mol. The molecule has 2 N–H and O–H groups in total. The highest BCUT2D eigenvalue weighted by molar-refractivity contribution is 7.90. The molecule has 2 saturated heterocycles. The van der Waals surface area contributed by atoms with Crippen LogP contribution in [0.2, 0.25) is 0 Å². The zero-order chi connectivity index (χ0) is 20.6. The van der Waals surface area contributed by atoms with Crippen molar-refractivity contribution in [1.29, 1.82) is 0 Å². The summed E-state index contributed by atoms with van der Waals surface area (Å²) in [5.41, 5.74) is -5.22. The third-order valence-electron chi connectivity index (χ3n) is 5.38. The van der Waals surface area contributed by atoms with Crippen molar-refractivity contribution in [3.63, 3.8) is 0 Å². The Morgan fingerprint density at radius 3 is 2.29 bits per heavy atom. The van der Waals surface area contributed by atoms with Gasteiger partial charge in [0.25, 0.3) is 0 Å². The molecule has 0 aromatic heterocycles. The van der Waals surface area contributed by atoms with Crippen LogP contribution in [-0.2, 0) is 10.0 Å². The Balaban J connectivity index is 1.61. The van der Waals surface area contributed by atoms with Gasteiger partial charge in [0.15, 0.2) is 5.96 Å². The lowest BCUT2D eigenvalue weighted by Crippen LogP contribution is -2.47. The second-order valence-corrected chi connectivity index (χ2v) is 9.36. The molecule has 0 aliphatic carbocycles. The van der Waals surface area contributed by atoms with E-state index in [4.69, 9.17) is 0 Å². The molecule has 0 aromatic carbocycles. The predicted molar refractivity (Wildman–Crippen MR) is 104 cm³/mol. The molecule has 11 heteroatoms. The summed E-state index contributed by atoms with van der Waals surface area (Å²) in [7, 11) is -3.53. The molecule has 2 heterocycles. The van der Waals surface area contributed by atoms with Crippen molar-refractivity contribution < 1.29 is 21.6 Å². The van der Waals surface area contributed by atoms with Crippen LogP contribution >= 0.6 is 0 Å². The molecule has 2 fully saturated rings. The van der Waals surface area contributed by atoms with E-state index in [9.17, 15) is 21.6 Å². The Morgan fingerprint density at radius 1 is 1.07 bits per heavy atom. The van der Waals surface area contributed by atoms with E-state index in [1.165, 1.54) is 25.9 Å². The van der Waals surface area contributed by atoms with Gasteiger partial charge < -0.3 is 15.5 Å². The topological polar surface area (TPSA) is 77.0 Å². The largest absolute Gasteiger partial charge is 0.511 e. The van der Waals surface area contributed by atoms with Gasteiger partial charge in [-0.1, -0.05) is 0 Å². The zero-order valence-electron chi connectivity index (χ0n) is 16.5. The number of alkyl halides is 3. The van der Waals surface area contributed by atoms with Gasteiger partial charge in [-0.25, -0.2) is 8.42 Å². The molecule has 2 aliphatic heterocycles. The maximum absolute atomic E-state index is 12.6. The highest BCUT2D eigenvalue weighted by Gasteiger charge is 2.50. The number of aliphatic imine (C=N–C) groups is 1. The van der Waals surface area contributed by atoms with E-state index in [2.05, 4.69) is 20.5 Å². The second kappa shape index (κ2) is 10.6. The minimum atomic E-state index is -5.22. The summed E-state index contributed by atoms with van der Waals surface area (Å²) in [6, 6.07) is 0. The van der Waals surface area contributed by atoms with Crippen LogP contribution in [0, 0.1) is 5.92 Å². The molecule has 28 heavy (non-hydrogen) atoms. The zero-order valence-corrected chi connectivity index (χ0v) is 17.3. The van der Waals surface area contributed by atoms with Crippen molar-refractivity contribution in [2.75, 3.05) is 52.9 Å². The van der Waals surface area contributed by atoms with Crippen molar-refractivity contribution in [2.45, 2.75) is 44.0 Å². The first kappa shape index (κ1) is 23.2. The van der Waals surface area contributed by atoms with Crippen LogP contribution in [0.3, 0.4) is 0 Å². The van der Waals surface area contributed by atoms with E-state index < -0.39 is 15.5 Å². The van der Waals surface area contributed by atoms with Crippen molar-refractivity contribution in [3.05, 3.63) is 0 Å². The number of piperidine rings is 1. The number of hydrogen-bond acceptors (Lipinski definition) is 4. The van der Waals surface area contributed by atoms with Crippen LogP contribution in [0.25, 0.3) is 0 Å². The van der Waals surface area contributed by atoms with E-state index in [0.29, 0.717) is 29.7 Å². The third-order valence-corrected chi connectivity index (χ3v) is 7.01. The quantitative estimate of drug-likeness (QED) is 0.350. The van der Waals surface area contributed by atoms with Crippen molar-refractivity contribution in [3.8, 4) is 0 Å². The van der Waals surface area contributed by atoms with Gasteiger partial charge in [-0.3, -0.25) is 4.99 Å². The fourth-order valence-corrected chi connectivity index (χ4v) is 4.62. The Morgan fingerprint density at radius 2 is 1.71 bits per heavy atom. The van der Waals surface area contributed by atoms with Gasteiger partial charge in [-0.15, -0.1) is 0 Å². The summed E-state index contributed by atoms with van der Waals surface area (Å²) in [6.07, 6.45) is 5.58. The molecule has 0 radical (unpaired) electrons. The third kappa shape index (κ3) is 6.77. The SMILES string of the molecule is CN=C(NCCCCN1CCCC1)NCC1CCN(S(=O)(=O)C(F)(F)F)CC1. The molecule has 0 spiro atoms. The van der Waals surface area contributed by atoms with Crippen LogP contribution in [0.4, 0.5) is 13.2 Å². The second-order valence-electron chi connectivity index (χ2n) is 7.43. The van der Waals surface area contributed by atoms with E-state index in [1.807, 2.05) is 0 Å². The minimum Gasteiger partial charge on any atom is -0.356 e. The molecule has 7 nitrogen and oxygen atoms in total. The van der Waals surface area contributed by atoms with E-state index in [1.54, 1.807) is 7.05 Å². The molecule has 2 rings (SSSR count). The number of halogens is 3. The number of rotatable bonds is 8.